The minimum Gasteiger partial charge on any atom is -0.379 e. The van der Waals surface area contributed by atoms with Crippen LogP contribution in [0.3, 0.4) is 0 Å². The Hall–Kier alpha value is -6.94. The van der Waals surface area contributed by atoms with Gasteiger partial charge in [-0.2, -0.15) is 0 Å². The molecule has 0 spiro atoms. The van der Waals surface area contributed by atoms with Crippen molar-refractivity contribution in [1.29, 1.82) is 0 Å². The third kappa shape index (κ3) is 5.43. The number of nitrogens with zero attached hydrogens (tertiary/aromatic N) is 5. The van der Waals surface area contributed by atoms with Gasteiger partial charge in [0.2, 0.25) is 0 Å². The third-order valence-electron chi connectivity index (χ3n) is 8.07. The first-order valence-electron chi connectivity index (χ1n) is 13.8. The number of hydrogen-bond acceptors (Lipinski definition) is 11. The van der Waals surface area contributed by atoms with Crippen LogP contribution in [-0.4, -0.2) is 29.7 Å². The van der Waals surface area contributed by atoms with E-state index in [1.54, 1.807) is 0 Å². The smallest absolute Gasteiger partial charge is 0.269 e. The lowest BCUT2D eigenvalue weighted by Gasteiger charge is -2.49. The molecule has 0 bridgehead atoms. The van der Waals surface area contributed by atoms with E-state index < -0.39 is 35.6 Å². The van der Waals surface area contributed by atoms with Crippen LogP contribution in [-0.2, 0) is 11.0 Å². The predicted molar refractivity (Wildman–Crippen MR) is 168 cm³/mol. The number of non-ortho nitro benzene ring substituents is 5. The van der Waals surface area contributed by atoms with Crippen molar-refractivity contribution in [3.05, 3.63) is 200 Å². The molecule has 0 atom stereocenters. The summed E-state index contributed by atoms with van der Waals surface area (Å²) in [5.74, 6) is 0. The van der Waals surface area contributed by atoms with Crippen molar-refractivity contribution in [1.82, 2.24) is 0 Å². The van der Waals surface area contributed by atoms with Gasteiger partial charge < -0.3 is 5.11 Å². The summed E-state index contributed by atoms with van der Waals surface area (Å²) >= 11 is 0. The fraction of sp³-hybridized carbons (Fsp3) is 0.0625. The molecule has 16 heteroatoms. The molecule has 0 heterocycles. The van der Waals surface area contributed by atoms with Crippen LogP contribution in [0.1, 0.15) is 27.8 Å². The average Bonchev–Trinajstić information content (AvgIpc) is 3.09. The molecule has 5 aromatic carbocycles. The van der Waals surface area contributed by atoms with E-state index in [9.17, 15) is 55.7 Å². The molecule has 0 saturated heterocycles. The van der Waals surface area contributed by atoms with Gasteiger partial charge in [0, 0.05) is 60.7 Å². The molecular weight excluding hydrogens is 630 g/mol. The summed E-state index contributed by atoms with van der Waals surface area (Å²) < 4.78 is 0. The summed E-state index contributed by atoms with van der Waals surface area (Å²) in [6.07, 6.45) is 0. The maximum Gasteiger partial charge on any atom is 0.269 e. The number of aliphatic hydroxyl groups is 1. The van der Waals surface area contributed by atoms with E-state index in [1.165, 1.54) is 60.7 Å². The maximum absolute atomic E-state index is 13.5. The normalized spacial score (nSPS) is 11.4. The van der Waals surface area contributed by atoms with Gasteiger partial charge in [-0.3, -0.25) is 50.6 Å². The van der Waals surface area contributed by atoms with Gasteiger partial charge in [0.05, 0.1) is 30.0 Å². The van der Waals surface area contributed by atoms with Crippen molar-refractivity contribution in [3.63, 3.8) is 0 Å². The fourth-order valence-corrected chi connectivity index (χ4v) is 5.87. The zero-order valence-corrected chi connectivity index (χ0v) is 24.3. The summed E-state index contributed by atoms with van der Waals surface area (Å²) in [6.45, 7) is 0. The fourth-order valence-electron chi connectivity index (χ4n) is 5.87. The van der Waals surface area contributed by atoms with Crippen molar-refractivity contribution >= 4 is 28.4 Å². The van der Waals surface area contributed by atoms with Crippen LogP contribution in [0.15, 0.2) is 121 Å². The first kappa shape index (κ1) is 32.5. The largest absolute Gasteiger partial charge is 0.379 e. The Morgan fingerprint density at radius 3 is 0.667 bits per heavy atom. The SMILES string of the molecule is O=[N+]([O-])c1ccc(C(O)(c2ccc([N+](=O)[O-])cc2)C(c2ccc([N+](=O)[O-])cc2)(c2ccc([N+](=O)[O-])cc2)c2ccc([N+](=O)[O-])cc2)cc1. The van der Waals surface area contributed by atoms with E-state index in [2.05, 4.69) is 0 Å². The molecular formula is C32H21N5O11. The van der Waals surface area contributed by atoms with Crippen molar-refractivity contribution in [2.24, 2.45) is 0 Å². The van der Waals surface area contributed by atoms with Gasteiger partial charge in [-0.25, -0.2) is 0 Å². The lowest BCUT2D eigenvalue weighted by molar-refractivity contribution is -0.385. The molecule has 0 radical (unpaired) electrons. The number of hydrogen-bond donors (Lipinski definition) is 1. The molecule has 5 aromatic rings. The summed E-state index contributed by atoms with van der Waals surface area (Å²) in [4.78, 5) is 54.8. The molecule has 48 heavy (non-hydrogen) atoms. The van der Waals surface area contributed by atoms with Crippen LogP contribution in [0.5, 0.6) is 0 Å². The molecule has 0 saturated carbocycles. The zero-order valence-electron chi connectivity index (χ0n) is 24.3. The Balaban J connectivity index is 2.01. The second-order valence-electron chi connectivity index (χ2n) is 10.5. The highest BCUT2D eigenvalue weighted by Gasteiger charge is 2.56. The van der Waals surface area contributed by atoms with E-state index >= 15 is 0 Å². The predicted octanol–water partition coefficient (Wildman–Crippen LogP) is 6.50. The Morgan fingerprint density at radius 2 is 0.500 bits per heavy atom. The number of rotatable bonds is 11. The Morgan fingerprint density at radius 1 is 0.333 bits per heavy atom. The Labute approximate surface area is 268 Å². The molecule has 16 nitrogen and oxygen atoms in total. The molecule has 0 aliphatic carbocycles. The van der Waals surface area contributed by atoms with Gasteiger partial charge in [-0.15, -0.1) is 0 Å². The minimum atomic E-state index is -2.43. The first-order chi connectivity index (χ1) is 22.8. The van der Waals surface area contributed by atoms with Crippen molar-refractivity contribution < 1.29 is 29.7 Å². The van der Waals surface area contributed by atoms with Gasteiger partial charge in [0.15, 0.2) is 0 Å². The molecule has 0 aromatic heterocycles. The summed E-state index contributed by atoms with van der Waals surface area (Å²) in [5.41, 5.74) is -5.64. The van der Waals surface area contributed by atoms with Crippen molar-refractivity contribution in [2.75, 3.05) is 0 Å². The van der Waals surface area contributed by atoms with E-state index in [1.807, 2.05) is 0 Å². The van der Waals surface area contributed by atoms with Gasteiger partial charge in [0.25, 0.3) is 28.4 Å². The number of nitro benzene ring substituents is 5. The van der Waals surface area contributed by atoms with Crippen molar-refractivity contribution in [3.8, 4) is 0 Å². The van der Waals surface area contributed by atoms with Gasteiger partial charge in [0.1, 0.15) is 5.60 Å². The maximum atomic E-state index is 13.5. The molecule has 0 amide bonds. The monoisotopic (exact) mass is 651 g/mol. The lowest BCUT2D eigenvalue weighted by atomic mass is 9.55. The summed E-state index contributed by atoms with van der Waals surface area (Å²) in [6, 6.07) is 24.5. The third-order valence-corrected chi connectivity index (χ3v) is 8.07. The van der Waals surface area contributed by atoms with Crippen LogP contribution in [0.4, 0.5) is 28.4 Å². The van der Waals surface area contributed by atoms with E-state index in [4.69, 9.17) is 0 Å². The van der Waals surface area contributed by atoms with Crippen LogP contribution in [0.25, 0.3) is 0 Å². The first-order valence-corrected chi connectivity index (χ1v) is 13.8. The lowest BCUT2D eigenvalue weighted by Crippen LogP contribution is -2.52. The van der Waals surface area contributed by atoms with E-state index in [0.717, 1.165) is 60.7 Å². The van der Waals surface area contributed by atoms with Crippen LogP contribution >= 0.6 is 0 Å². The van der Waals surface area contributed by atoms with Crippen LogP contribution in [0, 0.1) is 50.6 Å². The Kier molecular flexibility index (Phi) is 8.42. The van der Waals surface area contributed by atoms with Crippen LogP contribution < -0.4 is 0 Å². The summed E-state index contributed by atoms with van der Waals surface area (Å²) in [5, 5.41) is 71.5. The molecule has 240 valence electrons. The molecule has 0 unspecified atom stereocenters. The quantitative estimate of drug-likeness (QED) is 0.0918. The number of nitro groups is 5. The highest BCUT2D eigenvalue weighted by atomic mass is 16.6. The topological polar surface area (TPSA) is 236 Å². The van der Waals surface area contributed by atoms with Gasteiger partial charge >= 0.3 is 0 Å². The van der Waals surface area contributed by atoms with E-state index in [0.29, 0.717) is 0 Å². The zero-order chi connectivity index (χ0) is 34.8. The van der Waals surface area contributed by atoms with Gasteiger partial charge in [-0.05, 0) is 52.1 Å². The molecule has 0 fully saturated rings. The average molecular weight is 652 g/mol. The highest BCUT2D eigenvalue weighted by Crippen LogP contribution is 2.56. The molecule has 1 N–H and O–H groups in total. The molecule has 0 aliphatic heterocycles. The van der Waals surface area contributed by atoms with Crippen LogP contribution in [0.2, 0.25) is 0 Å². The standard InChI is InChI=1S/C32H21N5O11/c38-32(24-7-17-29(18-8-24)36(45)46,25-9-19-30(20-10-25)37(47)48)31(21-1-11-26(12-2-21)33(39)40,22-3-13-27(14-4-22)34(41)42)23-5-15-28(16-6-23)35(43)44/h1-20,38H. The minimum absolute atomic E-state index is 0.00277. The second-order valence-corrected chi connectivity index (χ2v) is 10.5. The van der Waals surface area contributed by atoms with Crippen molar-refractivity contribution in [2.45, 2.75) is 11.0 Å². The Bertz CT molecular complexity index is 1850. The van der Waals surface area contributed by atoms with E-state index in [-0.39, 0.29) is 56.3 Å². The summed E-state index contributed by atoms with van der Waals surface area (Å²) in [7, 11) is 0. The molecule has 0 aliphatic rings. The molecule has 5 rings (SSSR count). The van der Waals surface area contributed by atoms with Gasteiger partial charge in [-0.1, -0.05) is 36.4 Å². The number of benzene rings is 5. The second kappa shape index (κ2) is 12.5. The highest BCUT2D eigenvalue weighted by molar-refractivity contribution is 5.63.